The number of nitrogens with zero attached hydrogens (tertiary/aromatic N) is 3. The van der Waals surface area contributed by atoms with Crippen molar-refractivity contribution in [3.8, 4) is 0 Å². The number of aryl methyl sites for hydroxylation is 1. The van der Waals surface area contributed by atoms with E-state index in [2.05, 4.69) is 14.0 Å². The molecule has 1 rings (SSSR count). The van der Waals surface area contributed by atoms with Crippen LogP contribution in [0.3, 0.4) is 0 Å². The Bertz CT molecular complexity index is 458. The number of phosphoric acid groups is 1. The number of aromatic nitrogens is 2. The van der Waals surface area contributed by atoms with E-state index in [0.29, 0.717) is 5.82 Å². The molecule has 0 aliphatic heterocycles. The van der Waals surface area contributed by atoms with Crippen molar-refractivity contribution in [2.75, 3.05) is 13.7 Å². The first kappa shape index (κ1) is 13.8. The smallest absolute Gasteiger partial charge is 0.358 e. The van der Waals surface area contributed by atoms with Crippen molar-refractivity contribution in [2.45, 2.75) is 13.5 Å². The van der Waals surface area contributed by atoms with E-state index in [1.807, 2.05) is 0 Å². The van der Waals surface area contributed by atoms with Gasteiger partial charge < -0.3 is 15.0 Å². The molecular weight excluding hydrogens is 253 g/mol. The van der Waals surface area contributed by atoms with Gasteiger partial charge in [0.25, 0.3) is 0 Å². The number of rotatable bonds is 6. The van der Waals surface area contributed by atoms with Crippen LogP contribution in [-0.4, -0.2) is 33.1 Å². The Morgan fingerprint density at radius 1 is 1.71 bits per heavy atom. The number of phosphoric ester groups is 1. The van der Waals surface area contributed by atoms with Gasteiger partial charge in [-0.25, -0.2) is 14.1 Å². The lowest BCUT2D eigenvalue weighted by Crippen LogP contribution is -2.09. The molecular formula is C7H12N3O6P. The quantitative estimate of drug-likeness (QED) is 0.460. The predicted octanol–water partition coefficient (Wildman–Crippen LogP) is 0.863. The highest BCUT2D eigenvalue weighted by Gasteiger charge is 2.21. The lowest BCUT2D eigenvalue weighted by Gasteiger charge is -2.08. The second-order valence-corrected chi connectivity index (χ2v) is 4.62. The van der Waals surface area contributed by atoms with Crippen LogP contribution < -0.4 is 0 Å². The van der Waals surface area contributed by atoms with Crippen molar-refractivity contribution >= 4 is 13.6 Å². The molecule has 10 heteroatoms. The van der Waals surface area contributed by atoms with E-state index in [1.165, 1.54) is 4.57 Å². The van der Waals surface area contributed by atoms with Crippen LogP contribution in [-0.2, 0) is 20.2 Å². The van der Waals surface area contributed by atoms with Crippen LogP contribution in [0.5, 0.6) is 0 Å². The maximum absolute atomic E-state index is 11.0. The topological polar surface area (TPSA) is 117 Å². The van der Waals surface area contributed by atoms with Gasteiger partial charge in [-0.2, -0.15) is 0 Å². The third kappa shape index (κ3) is 3.60. The molecule has 0 fully saturated rings. The Labute approximate surface area is 96.8 Å². The number of imidazole rings is 1. The third-order valence-electron chi connectivity index (χ3n) is 2.02. The van der Waals surface area contributed by atoms with Crippen molar-refractivity contribution < 1.29 is 23.4 Å². The van der Waals surface area contributed by atoms with Crippen LogP contribution in [0, 0.1) is 17.0 Å². The molecule has 0 bridgehead atoms. The minimum absolute atomic E-state index is 0.0378. The Morgan fingerprint density at radius 2 is 2.35 bits per heavy atom. The van der Waals surface area contributed by atoms with Gasteiger partial charge in [-0.05, 0) is 4.92 Å². The van der Waals surface area contributed by atoms with Crippen LogP contribution >= 0.6 is 7.82 Å². The highest BCUT2D eigenvalue weighted by Crippen LogP contribution is 2.41. The molecule has 0 aliphatic carbocycles. The van der Waals surface area contributed by atoms with Crippen LogP contribution in [0.15, 0.2) is 6.20 Å². The molecule has 17 heavy (non-hydrogen) atoms. The van der Waals surface area contributed by atoms with Gasteiger partial charge in [-0.1, -0.05) is 0 Å². The standard InChI is InChI=1S/C7H12N3O6P/c1-6-8-5-7(10(11)12)9(6)3-4-16-17(13,14)15-2/h5H,3-4H2,1-2H3,(H,13,14). The molecule has 1 aromatic heterocycles. The van der Waals surface area contributed by atoms with Crippen LogP contribution in [0.2, 0.25) is 0 Å². The van der Waals surface area contributed by atoms with Crippen molar-refractivity contribution in [3.05, 3.63) is 22.1 Å². The summed E-state index contributed by atoms with van der Waals surface area (Å²) in [5.41, 5.74) is 0. The summed E-state index contributed by atoms with van der Waals surface area (Å²) >= 11 is 0. The number of hydrogen-bond acceptors (Lipinski definition) is 6. The zero-order valence-corrected chi connectivity index (χ0v) is 10.2. The summed E-state index contributed by atoms with van der Waals surface area (Å²) in [7, 11) is -3.02. The Morgan fingerprint density at radius 3 is 2.88 bits per heavy atom. The molecule has 9 nitrogen and oxygen atoms in total. The van der Waals surface area contributed by atoms with Gasteiger partial charge in [-0.15, -0.1) is 0 Å². The highest BCUT2D eigenvalue weighted by molar-refractivity contribution is 7.47. The molecule has 0 radical (unpaired) electrons. The normalized spacial score (nSPS) is 14.5. The number of hydrogen-bond donors (Lipinski definition) is 1. The molecule has 1 unspecified atom stereocenters. The van der Waals surface area contributed by atoms with Crippen molar-refractivity contribution in [3.63, 3.8) is 0 Å². The SMILES string of the molecule is COP(=O)(O)OCCn1c([N+](=O)[O-])cnc1C. The Balaban J connectivity index is 2.67. The summed E-state index contributed by atoms with van der Waals surface area (Å²) in [5, 5.41) is 10.6. The maximum atomic E-state index is 11.0. The first-order valence-electron chi connectivity index (χ1n) is 4.57. The molecule has 0 aromatic carbocycles. The zero-order chi connectivity index (χ0) is 13.1. The van der Waals surface area contributed by atoms with Gasteiger partial charge in [0.2, 0.25) is 0 Å². The first-order valence-corrected chi connectivity index (χ1v) is 6.06. The van der Waals surface area contributed by atoms with Crippen LogP contribution in [0.25, 0.3) is 0 Å². The van der Waals surface area contributed by atoms with Gasteiger partial charge >= 0.3 is 13.6 Å². The lowest BCUT2D eigenvalue weighted by molar-refractivity contribution is -0.392. The van der Waals surface area contributed by atoms with Gasteiger partial charge in [0.15, 0.2) is 5.82 Å². The van der Waals surface area contributed by atoms with Gasteiger partial charge in [-0.3, -0.25) is 9.05 Å². The van der Waals surface area contributed by atoms with Crippen LogP contribution in [0.4, 0.5) is 5.82 Å². The molecule has 0 amide bonds. The second kappa shape index (κ2) is 5.37. The minimum atomic E-state index is -4.05. The summed E-state index contributed by atoms with van der Waals surface area (Å²) < 4.78 is 21.0. The minimum Gasteiger partial charge on any atom is -0.358 e. The summed E-state index contributed by atoms with van der Waals surface area (Å²) in [4.78, 5) is 22.8. The van der Waals surface area contributed by atoms with Gasteiger partial charge in [0.05, 0.1) is 6.61 Å². The molecule has 96 valence electrons. The van der Waals surface area contributed by atoms with Crippen molar-refractivity contribution in [1.29, 1.82) is 0 Å². The maximum Gasteiger partial charge on any atom is 0.472 e. The molecule has 1 aromatic rings. The monoisotopic (exact) mass is 265 g/mol. The Kier molecular flexibility index (Phi) is 4.35. The summed E-state index contributed by atoms with van der Waals surface area (Å²) in [5.74, 6) is 0.224. The predicted molar refractivity (Wildman–Crippen MR) is 56.4 cm³/mol. The largest absolute Gasteiger partial charge is 0.472 e. The van der Waals surface area contributed by atoms with E-state index < -0.39 is 12.7 Å². The van der Waals surface area contributed by atoms with E-state index in [1.54, 1.807) is 6.92 Å². The van der Waals surface area contributed by atoms with Crippen LogP contribution in [0.1, 0.15) is 5.82 Å². The average molecular weight is 265 g/mol. The fourth-order valence-corrected chi connectivity index (χ4v) is 1.60. The van der Waals surface area contributed by atoms with E-state index in [4.69, 9.17) is 4.89 Å². The second-order valence-electron chi connectivity index (χ2n) is 3.06. The molecule has 1 N–H and O–H groups in total. The molecule has 0 saturated carbocycles. The van der Waals surface area contributed by atoms with E-state index >= 15 is 0 Å². The summed E-state index contributed by atoms with van der Waals surface area (Å²) in [6, 6.07) is 0. The van der Waals surface area contributed by atoms with E-state index in [0.717, 1.165) is 13.3 Å². The molecule has 0 saturated heterocycles. The lowest BCUT2D eigenvalue weighted by atomic mass is 10.6. The molecule has 0 aliphatic rings. The highest BCUT2D eigenvalue weighted by atomic mass is 31.2. The van der Waals surface area contributed by atoms with Crippen molar-refractivity contribution in [2.24, 2.45) is 0 Å². The molecule has 1 heterocycles. The summed E-state index contributed by atoms with van der Waals surface area (Å²) in [6.07, 6.45) is 1.12. The fourth-order valence-electron chi connectivity index (χ4n) is 1.18. The van der Waals surface area contributed by atoms with E-state index in [9.17, 15) is 14.7 Å². The fraction of sp³-hybridized carbons (Fsp3) is 0.571. The number of nitro groups is 1. The third-order valence-corrected chi connectivity index (χ3v) is 2.99. The first-order chi connectivity index (χ1) is 7.87. The van der Waals surface area contributed by atoms with Gasteiger partial charge in [0.1, 0.15) is 12.7 Å². The Hall–Kier alpha value is -1.28. The van der Waals surface area contributed by atoms with Crippen molar-refractivity contribution in [1.82, 2.24) is 9.55 Å². The van der Waals surface area contributed by atoms with E-state index in [-0.39, 0.29) is 19.0 Å². The zero-order valence-electron chi connectivity index (χ0n) is 9.27. The summed E-state index contributed by atoms with van der Waals surface area (Å²) in [6.45, 7) is 1.43. The molecule has 0 spiro atoms. The molecule has 1 atom stereocenters. The average Bonchev–Trinajstić information content (AvgIpc) is 2.60. The van der Waals surface area contributed by atoms with Gasteiger partial charge in [0, 0.05) is 14.0 Å².